The van der Waals surface area contributed by atoms with Crippen molar-refractivity contribution in [2.75, 3.05) is 26.2 Å². The van der Waals surface area contributed by atoms with Gasteiger partial charge in [0.2, 0.25) is 15.9 Å². The quantitative estimate of drug-likeness (QED) is 0.543. The fraction of sp³-hybridized carbons (Fsp3) is 0.318. The second-order valence-corrected chi connectivity index (χ2v) is 9.66. The van der Waals surface area contributed by atoms with Gasteiger partial charge in [-0.15, -0.1) is 0 Å². The van der Waals surface area contributed by atoms with Crippen LogP contribution in [0, 0.1) is 6.92 Å². The number of imidazole rings is 1. The molecule has 32 heavy (non-hydrogen) atoms. The number of benzene rings is 1. The minimum absolute atomic E-state index is 0.0198. The van der Waals surface area contributed by atoms with E-state index in [0.29, 0.717) is 18.8 Å². The number of ether oxygens (including phenoxy) is 1. The molecule has 1 saturated heterocycles. The molecule has 2 aromatic heterocycles. The highest BCUT2D eigenvalue weighted by Crippen LogP contribution is 2.20. The van der Waals surface area contributed by atoms with Gasteiger partial charge in [0.05, 0.1) is 16.2 Å². The predicted molar refractivity (Wildman–Crippen MR) is 117 cm³/mol. The molecule has 0 aliphatic carbocycles. The number of aryl methyl sites for hydroxylation is 1. The van der Waals surface area contributed by atoms with Crippen molar-refractivity contribution < 1.29 is 22.7 Å². The van der Waals surface area contributed by atoms with Gasteiger partial charge in [-0.25, -0.2) is 18.2 Å². The van der Waals surface area contributed by atoms with E-state index in [9.17, 15) is 18.0 Å². The van der Waals surface area contributed by atoms with Crippen molar-refractivity contribution in [3.05, 3.63) is 65.6 Å². The predicted octanol–water partition coefficient (Wildman–Crippen LogP) is 1.85. The summed E-state index contributed by atoms with van der Waals surface area (Å²) in [6, 6.07) is 9.64. The van der Waals surface area contributed by atoms with Crippen LogP contribution in [0.25, 0.3) is 5.65 Å². The lowest BCUT2D eigenvalue weighted by Crippen LogP contribution is -2.49. The zero-order chi connectivity index (χ0) is 22.9. The van der Waals surface area contributed by atoms with Gasteiger partial charge in [0.25, 0.3) is 0 Å². The number of esters is 1. The fourth-order valence-corrected chi connectivity index (χ4v) is 5.09. The Morgan fingerprint density at radius 1 is 1.06 bits per heavy atom. The summed E-state index contributed by atoms with van der Waals surface area (Å²) in [7, 11) is -3.78. The molecule has 10 heteroatoms. The van der Waals surface area contributed by atoms with Crippen molar-refractivity contribution in [3.8, 4) is 0 Å². The first kappa shape index (κ1) is 22.0. The molecule has 0 spiro atoms. The molecule has 1 aromatic carbocycles. The number of hydrogen-bond acceptors (Lipinski definition) is 6. The van der Waals surface area contributed by atoms with Crippen molar-refractivity contribution in [1.29, 1.82) is 0 Å². The molecule has 3 heterocycles. The Balaban J connectivity index is 1.44. The summed E-state index contributed by atoms with van der Waals surface area (Å²) in [6.45, 7) is 4.52. The van der Waals surface area contributed by atoms with Gasteiger partial charge in [-0.1, -0.05) is 12.1 Å². The summed E-state index contributed by atoms with van der Waals surface area (Å²) in [6.07, 6.45) is 3.72. The smallest absolute Gasteiger partial charge is 0.338 e. The summed E-state index contributed by atoms with van der Waals surface area (Å²) in [5, 5.41) is 0. The van der Waals surface area contributed by atoms with E-state index in [1.54, 1.807) is 11.1 Å². The number of aromatic nitrogens is 2. The summed E-state index contributed by atoms with van der Waals surface area (Å²) in [5.74, 6) is -0.704. The van der Waals surface area contributed by atoms with Crippen LogP contribution in [-0.4, -0.2) is 65.1 Å². The minimum Gasteiger partial charge on any atom is -0.456 e. The van der Waals surface area contributed by atoms with Crippen LogP contribution in [0.3, 0.4) is 0 Å². The first-order valence-electron chi connectivity index (χ1n) is 10.2. The third-order valence-corrected chi connectivity index (χ3v) is 7.29. The number of pyridine rings is 1. The van der Waals surface area contributed by atoms with Gasteiger partial charge < -0.3 is 14.0 Å². The zero-order valence-corrected chi connectivity index (χ0v) is 18.7. The molecule has 4 rings (SSSR count). The Hall–Kier alpha value is -3.24. The molecule has 1 fully saturated rings. The van der Waals surface area contributed by atoms with E-state index < -0.39 is 16.0 Å². The molecule has 0 saturated carbocycles. The molecule has 9 nitrogen and oxygen atoms in total. The van der Waals surface area contributed by atoms with Crippen molar-refractivity contribution in [1.82, 2.24) is 18.6 Å². The molecule has 1 aliphatic heterocycles. The largest absolute Gasteiger partial charge is 0.456 e. The molecular weight excluding hydrogens is 432 g/mol. The lowest BCUT2D eigenvalue weighted by molar-refractivity contribution is -0.129. The maximum atomic E-state index is 13.0. The SMILES string of the molecule is CC(=O)N1CCN(S(=O)(=O)c2cccc(C(=O)OCc3cn4cc(C)ccc4n3)c2)CC1. The maximum Gasteiger partial charge on any atom is 0.338 e. The lowest BCUT2D eigenvalue weighted by atomic mass is 10.2. The first-order chi connectivity index (χ1) is 15.2. The van der Waals surface area contributed by atoms with Crippen LogP contribution in [0.15, 0.2) is 53.7 Å². The first-order valence-corrected chi connectivity index (χ1v) is 11.6. The van der Waals surface area contributed by atoms with Gasteiger partial charge in [0, 0.05) is 45.5 Å². The van der Waals surface area contributed by atoms with E-state index in [1.165, 1.54) is 35.5 Å². The van der Waals surface area contributed by atoms with E-state index >= 15 is 0 Å². The number of carbonyl (C=O) groups is 2. The molecule has 3 aromatic rings. The van der Waals surface area contributed by atoms with Crippen LogP contribution in [-0.2, 0) is 26.2 Å². The maximum absolute atomic E-state index is 13.0. The highest BCUT2D eigenvalue weighted by Gasteiger charge is 2.29. The topological polar surface area (TPSA) is 101 Å². The van der Waals surface area contributed by atoms with Gasteiger partial charge in [0.15, 0.2) is 0 Å². The van der Waals surface area contributed by atoms with Crippen molar-refractivity contribution >= 4 is 27.5 Å². The van der Waals surface area contributed by atoms with Crippen LogP contribution in [0.4, 0.5) is 0 Å². The molecule has 1 aliphatic rings. The van der Waals surface area contributed by atoms with Crippen LogP contribution in [0.1, 0.15) is 28.5 Å². The van der Waals surface area contributed by atoms with Crippen LogP contribution < -0.4 is 0 Å². The highest BCUT2D eigenvalue weighted by molar-refractivity contribution is 7.89. The molecule has 1 amide bonds. The Kier molecular flexibility index (Phi) is 5.98. The summed E-state index contributed by atoms with van der Waals surface area (Å²) in [4.78, 5) is 30.1. The monoisotopic (exact) mass is 456 g/mol. The van der Waals surface area contributed by atoms with Crippen molar-refractivity contribution in [3.63, 3.8) is 0 Å². The number of sulfonamides is 1. The summed E-state index contributed by atoms with van der Waals surface area (Å²) < 4.78 is 34.6. The minimum atomic E-state index is -3.78. The van der Waals surface area contributed by atoms with Crippen LogP contribution in [0.5, 0.6) is 0 Å². The zero-order valence-electron chi connectivity index (χ0n) is 17.9. The molecule has 168 valence electrons. The number of piperazine rings is 1. The number of amides is 1. The number of hydrogen-bond donors (Lipinski definition) is 0. The van der Waals surface area contributed by atoms with Gasteiger partial charge in [-0.05, 0) is 36.8 Å². The van der Waals surface area contributed by atoms with Crippen molar-refractivity contribution in [2.24, 2.45) is 0 Å². The number of nitrogens with zero attached hydrogens (tertiary/aromatic N) is 4. The van der Waals surface area contributed by atoms with E-state index in [2.05, 4.69) is 4.98 Å². The second kappa shape index (κ2) is 8.71. The van der Waals surface area contributed by atoms with Gasteiger partial charge in [0.1, 0.15) is 12.3 Å². The Labute approximate surface area is 186 Å². The fourth-order valence-electron chi connectivity index (χ4n) is 3.62. The van der Waals surface area contributed by atoms with E-state index in [4.69, 9.17) is 4.74 Å². The average molecular weight is 457 g/mol. The standard InChI is InChI=1S/C22H24N4O5S/c1-16-6-7-21-23-19(14-25(21)13-16)15-31-22(28)18-4-3-5-20(12-18)32(29,30)26-10-8-24(9-11-26)17(2)27/h3-7,12-14H,8-11,15H2,1-2H3. The van der Waals surface area contributed by atoms with Crippen LogP contribution in [0.2, 0.25) is 0 Å². The summed E-state index contributed by atoms with van der Waals surface area (Å²) in [5.41, 5.74) is 2.57. The van der Waals surface area contributed by atoms with Crippen molar-refractivity contribution in [2.45, 2.75) is 25.3 Å². The van der Waals surface area contributed by atoms with Gasteiger partial charge in [-0.3, -0.25) is 4.79 Å². The Bertz CT molecular complexity index is 1280. The molecule has 0 atom stereocenters. The highest BCUT2D eigenvalue weighted by atomic mass is 32.2. The van der Waals surface area contributed by atoms with E-state index in [0.717, 1.165) is 11.2 Å². The van der Waals surface area contributed by atoms with E-state index in [-0.39, 0.29) is 36.1 Å². The number of fused-ring (bicyclic) bond motifs is 1. The van der Waals surface area contributed by atoms with Gasteiger partial charge >= 0.3 is 5.97 Å². The second-order valence-electron chi connectivity index (χ2n) is 7.72. The third-order valence-electron chi connectivity index (χ3n) is 5.39. The average Bonchev–Trinajstić information content (AvgIpc) is 3.19. The molecular formula is C22H24N4O5S. The third kappa shape index (κ3) is 4.51. The van der Waals surface area contributed by atoms with E-state index in [1.807, 2.05) is 29.7 Å². The molecule has 0 bridgehead atoms. The Morgan fingerprint density at radius 3 is 2.53 bits per heavy atom. The summed E-state index contributed by atoms with van der Waals surface area (Å²) >= 11 is 0. The Morgan fingerprint density at radius 2 is 1.81 bits per heavy atom. The lowest BCUT2D eigenvalue weighted by Gasteiger charge is -2.33. The molecule has 0 radical (unpaired) electrons. The van der Waals surface area contributed by atoms with Crippen LogP contribution >= 0.6 is 0 Å². The molecule has 0 unspecified atom stereocenters. The molecule has 0 N–H and O–H groups in total. The normalized spacial score (nSPS) is 15.1. The number of carbonyl (C=O) groups excluding carboxylic acids is 2. The number of rotatable bonds is 5. The van der Waals surface area contributed by atoms with Gasteiger partial charge in [-0.2, -0.15) is 4.31 Å².